The molecule has 1 unspecified atom stereocenters. The standard InChI is InChI=1S/C37H50F3N3O8SSi/c1-9-53(10-2,11-3)51-34(28-18-19-31(30(21-28)41-52(8,46)47)50-25-26-15-13-12-14-16-26)24-43(36(45)37(38,39)40)23-29(35(44)42(4)5)27-17-20-32(48-6)33(22-27)49-7/h12-22,29,34,41H,9-11,23-25H2,1-8H3/t29?,34-/m0/s1. The van der Waals surface area contributed by atoms with Crippen LogP contribution in [0.2, 0.25) is 18.1 Å². The Kier molecular flexibility index (Phi) is 15.2. The summed E-state index contributed by atoms with van der Waals surface area (Å²) in [4.78, 5) is 28.8. The van der Waals surface area contributed by atoms with Gasteiger partial charge in [0, 0.05) is 20.6 Å². The molecular formula is C37H50F3N3O8SSi. The first-order chi connectivity index (χ1) is 24.9. The van der Waals surface area contributed by atoms with Crippen LogP contribution in [0.5, 0.6) is 17.2 Å². The maximum absolute atomic E-state index is 14.4. The highest BCUT2D eigenvalue weighted by molar-refractivity contribution is 7.92. The highest BCUT2D eigenvalue weighted by atomic mass is 32.2. The molecular weight excluding hydrogens is 732 g/mol. The number of likely N-dealkylation sites (N-methyl/N-ethyl adjacent to an activating group) is 1. The van der Waals surface area contributed by atoms with Crippen LogP contribution in [0.15, 0.2) is 66.7 Å². The van der Waals surface area contributed by atoms with Gasteiger partial charge in [0.2, 0.25) is 15.9 Å². The van der Waals surface area contributed by atoms with Gasteiger partial charge in [0.05, 0.1) is 44.7 Å². The van der Waals surface area contributed by atoms with Crippen molar-refractivity contribution < 1.29 is 49.8 Å². The molecule has 0 heterocycles. The van der Waals surface area contributed by atoms with Crippen molar-refractivity contribution in [3.05, 3.63) is 83.4 Å². The zero-order valence-electron chi connectivity index (χ0n) is 31.5. The number of sulfonamides is 1. The van der Waals surface area contributed by atoms with Gasteiger partial charge in [-0.3, -0.25) is 14.3 Å². The molecule has 0 aliphatic heterocycles. The lowest BCUT2D eigenvalue weighted by atomic mass is 9.95. The predicted octanol–water partition coefficient (Wildman–Crippen LogP) is 6.98. The molecule has 0 aliphatic rings. The van der Waals surface area contributed by atoms with Gasteiger partial charge in [-0.2, -0.15) is 13.2 Å². The molecule has 0 saturated heterocycles. The third kappa shape index (κ3) is 11.9. The molecule has 0 radical (unpaired) electrons. The van der Waals surface area contributed by atoms with Crippen molar-refractivity contribution >= 4 is 35.8 Å². The Hall–Kier alpha value is -4.28. The van der Waals surface area contributed by atoms with Crippen LogP contribution >= 0.6 is 0 Å². The summed E-state index contributed by atoms with van der Waals surface area (Å²) < 4.78 is 94.1. The molecule has 2 amide bonds. The SMILES string of the molecule is CC[Si](CC)(CC)O[C@@H](CN(CC(C(=O)N(C)C)c1ccc(OC)c(OC)c1)C(=O)C(F)(F)F)c1ccc(OCc2ccccc2)c(NS(C)(=O)=O)c1. The van der Waals surface area contributed by atoms with Crippen molar-refractivity contribution in [1.29, 1.82) is 0 Å². The molecule has 2 atom stereocenters. The minimum absolute atomic E-state index is 0.0472. The molecule has 1 N–H and O–H groups in total. The molecule has 0 saturated carbocycles. The van der Waals surface area contributed by atoms with E-state index < -0.39 is 61.4 Å². The van der Waals surface area contributed by atoms with Crippen LogP contribution in [-0.4, -0.2) is 92.2 Å². The van der Waals surface area contributed by atoms with E-state index in [1.54, 1.807) is 6.07 Å². The van der Waals surface area contributed by atoms with Crippen LogP contribution in [-0.2, 0) is 30.6 Å². The van der Waals surface area contributed by atoms with Crippen molar-refractivity contribution in [2.45, 2.75) is 63.7 Å². The zero-order valence-corrected chi connectivity index (χ0v) is 33.3. The second-order valence-electron chi connectivity index (χ2n) is 12.9. The first-order valence-corrected chi connectivity index (χ1v) is 21.6. The molecule has 0 aromatic heterocycles. The number of alkyl halides is 3. The number of carbonyl (C=O) groups is 2. The number of hydrogen-bond donors (Lipinski definition) is 1. The number of nitrogens with zero attached hydrogens (tertiary/aromatic N) is 2. The summed E-state index contributed by atoms with van der Waals surface area (Å²) in [6.45, 7) is 4.72. The molecule has 3 rings (SSSR count). The summed E-state index contributed by atoms with van der Waals surface area (Å²) in [5.74, 6) is -3.16. The Bertz CT molecular complexity index is 1780. The maximum atomic E-state index is 14.4. The average molecular weight is 782 g/mol. The Morgan fingerprint density at radius 2 is 1.42 bits per heavy atom. The molecule has 0 aliphatic carbocycles. The van der Waals surface area contributed by atoms with Crippen LogP contribution in [0.3, 0.4) is 0 Å². The maximum Gasteiger partial charge on any atom is 0.471 e. The molecule has 0 bridgehead atoms. The van der Waals surface area contributed by atoms with Crippen molar-refractivity contribution in [1.82, 2.24) is 9.80 Å². The summed E-state index contributed by atoms with van der Waals surface area (Å²) in [6, 6.07) is 20.2. The van der Waals surface area contributed by atoms with Crippen LogP contribution in [0, 0.1) is 0 Å². The van der Waals surface area contributed by atoms with E-state index >= 15 is 0 Å². The number of hydrogen-bond acceptors (Lipinski definition) is 8. The van der Waals surface area contributed by atoms with Crippen molar-refractivity contribution in [2.24, 2.45) is 0 Å². The fraction of sp³-hybridized carbons (Fsp3) is 0.459. The van der Waals surface area contributed by atoms with Crippen molar-refractivity contribution in [2.75, 3.05) is 52.4 Å². The van der Waals surface area contributed by atoms with Gasteiger partial charge in [-0.15, -0.1) is 0 Å². The lowest BCUT2D eigenvalue weighted by Gasteiger charge is -2.37. The first-order valence-electron chi connectivity index (χ1n) is 17.2. The van der Waals surface area contributed by atoms with Gasteiger partial charge in [0.1, 0.15) is 12.4 Å². The molecule has 16 heteroatoms. The molecule has 3 aromatic rings. The van der Waals surface area contributed by atoms with E-state index in [2.05, 4.69) is 4.72 Å². The van der Waals surface area contributed by atoms with E-state index in [1.807, 2.05) is 51.1 Å². The average Bonchev–Trinajstić information content (AvgIpc) is 3.12. The van der Waals surface area contributed by atoms with E-state index in [0.717, 1.165) is 11.8 Å². The molecule has 292 valence electrons. The number of ether oxygens (including phenoxy) is 3. The van der Waals surface area contributed by atoms with Crippen molar-refractivity contribution in [3.8, 4) is 17.2 Å². The van der Waals surface area contributed by atoms with Gasteiger partial charge in [0.15, 0.2) is 19.8 Å². The summed E-state index contributed by atoms with van der Waals surface area (Å²) in [5.41, 5.74) is 1.49. The molecule has 0 fully saturated rings. The van der Waals surface area contributed by atoms with Gasteiger partial charge >= 0.3 is 12.1 Å². The van der Waals surface area contributed by atoms with Crippen LogP contribution in [0.1, 0.15) is 49.5 Å². The number of anilines is 1. The summed E-state index contributed by atoms with van der Waals surface area (Å²) in [5, 5.41) is 0. The minimum atomic E-state index is -5.29. The van der Waals surface area contributed by atoms with E-state index in [4.69, 9.17) is 18.6 Å². The Balaban J connectivity index is 2.20. The number of benzene rings is 3. The summed E-state index contributed by atoms with van der Waals surface area (Å²) >= 11 is 0. The largest absolute Gasteiger partial charge is 0.493 e. The lowest BCUT2D eigenvalue weighted by molar-refractivity contribution is -0.187. The third-order valence-electron chi connectivity index (χ3n) is 9.10. The number of nitrogens with one attached hydrogen (secondary N) is 1. The fourth-order valence-corrected chi connectivity index (χ4v) is 9.32. The topological polar surface area (TPSA) is 124 Å². The number of methoxy groups -OCH3 is 2. The number of rotatable bonds is 19. The van der Waals surface area contributed by atoms with E-state index in [0.29, 0.717) is 39.9 Å². The monoisotopic (exact) mass is 781 g/mol. The van der Waals surface area contributed by atoms with Crippen LogP contribution in [0.25, 0.3) is 0 Å². The Morgan fingerprint density at radius 3 is 1.94 bits per heavy atom. The second kappa shape index (κ2) is 18.7. The summed E-state index contributed by atoms with van der Waals surface area (Å²) in [7, 11) is -0.691. The first kappa shape index (κ1) is 43.1. The van der Waals surface area contributed by atoms with Gasteiger partial charge in [0.25, 0.3) is 0 Å². The number of amides is 2. The number of carbonyl (C=O) groups excluding carboxylic acids is 2. The second-order valence-corrected chi connectivity index (χ2v) is 19.3. The lowest BCUT2D eigenvalue weighted by Crippen LogP contribution is -2.48. The highest BCUT2D eigenvalue weighted by Crippen LogP contribution is 2.37. The third-order valence-corrected chi connectivity index (χ3v) is 14.3. The van der Waals surface area contributed by atoms with E-state index in [9.17, 15) is 31.2 Å². The van der Waals surface area contributed by atoms with Gasteiger partial charge < -0.3 is 28.4 Å². The van der Waals surface area contributed by atoms with Crippen LogP contribution in [0.4, 0.5) is 18.9 Å². The molecule has 0 spiro atoms. The van der Waals surface area contributed by atoms with Crippen LogP contribution < -0.4 is 18.9 Å². The minimum Gasteiger partial charge on any atom is -0.493 e. The summed E-state index contributed by atoms with van der Waals surface area (Å²) in [6.07, 6.45) is -5.46. The number of halogens is 3. The smallest absolute Gasteiger partial charge is 0.471 e. The Labute approximate surface area is 311 Å². The van der Waals surface area contributed by atoms with Crippen molar-refractivity contribution in [3.63, 3.8) is 0 Å². The quantitative estimate of drug-likeness (QED) is 0.129. The molecule has 11 nitrogen and oxygen atoms in total. The zero-order chi connectivity index (χ0) is 39.6. The van der Waals surface area contributed by atoms with E-state index in [1.165, 1.54) is 63.5 Å². The molecule has 3 aromatic carbocycles. The van der Waals surface area contributed by atoms with Gasteiger partial charge in [-0.05, 0) is 59.1 Å². The van der Waals surface area contributed by atoms with E-state index in [-0.39, 0.29) is 23.8 Å². The highest BCUT2D eigenvalue weighted by Gasteiger charge is 2.45. The van der Waals surface area contributed by atoms with Gasteiger partial charge in [-0.25, -0.2) is 8.42 Å². The molecule has 53 heavy (non-hydrogen) atoms. The normalized spacial score (nSPS) is 13.1. The van der Waals surface area contributed by atoms with Gasteiger partial charge in [-0.1, -0.05) is 63.2 Å². The fourth-order valence-electron chi connectivity index (χ4n) is 5.95. The Morgan fingerprint density at radius 1 is 0.830 bits per heavy atom. The predicted molar refractivity (Wildman–Crippen MR) is 200 cm³/mol.